The molecule has 7 nitrogen and oxygen atoms in total. The smallest absolute Gasteiger partial charge is 0.311 e. The average molecular weight is 382 g/mol. The number of benzene rings is 2. The van der Waals surface area contributed by atoms with Gasteiger partial charge in [-0.1, -0.05) is 30.3 Å². The Morgan fingerprint density at radius 2 is 1.82 bits per heavy atom. The maximum Gasteiger partial charge on any atom is 0.311 e. The zero-order valence-electron chi connectivity index (χ0n) is 15.6. The van der Waals surface area contributed by atoms with Gasteiger partial charge < -0.3 is 19.7 Å². The molecule has 7 heteroatoms. The molecule has 1 heterocycles. The summed E-state index contributed by atoms with van der Waals surface area (Å²) in [6.07, 6.45) is 0.0719. The standard InChI is InChI=1S/C21H22N2O5/c1-2-27-18-11-7-6-10-17(18)22-19(24)14-28-21(26)15-12-20(25)23(13-15)16-8-4-3-5-9-16/h3-11,15H,2,12-14H2,1H3,(H,22,24)/t15-/m1/s1. The van der Waals surface area contributed by atoms with Gasteiger partial charge in [-0.3, -0.25) is 14.4 Å². The van der Waals surface area contributed by atoms with Crippen molar-refractivity contribution in [1.82, 2.24) is 0 Å². The number of hydrogen-bond donors (Lipinski definition) is 1. The number of carbonyl (C=O) groups is 3. The van der Waals surface area contributed by atoms with Crippen LogP contribution in [0.1, 0.15) is 13.3 Å². The van der Waals surface area contributed by atoms with Crippen LogP contribution < -0.4 is 15.0 Å². The maximum atomic E-state index is 12.3. The molecule has 2 amide bonds. The van der Waals surface area contributed by atoms with E-state index in [0.717, 1.165) is 5.69 Å². The molecule has 1 aliphatic heterocycles. The third-order valence-electron chi connectivity index (χ3n) is 4.33. The summed E-state index contributed by atoms with van der Waals surface area (Å²) in [5.74, 6) is -1.20. The number of rotatable bonds is 7. The molecule has 1 N–H and O–H groups in total. The lowest BCUT2D eigenvalue weighted by atomic mass is 10.1. The Balaban J connectivity index is 1.52. The molecule has 1 atom stereocenters. The third-order valence-corrected chi connectivity index (χ3v) is 4.33. The monoisotopic (exact) mass is 382 g/mol. The molecule has 0 radical (unpaired) electrons. The van der Waals surface area contributed by atoms with E-state index in [2.05, 4.69) is 5.32 Å². The summed E-state index contributed by atoms with van der Waals surface area (Å²) in [6.45, 7) is 2.14. The van der Waals surface area contributed by atoms with Crippen molar-refractivity contribution in [3.8, 4) is 5.75 Å². The first-order valence-electron chi connectivity index (χ1n) is 9.12. The van der Waals surface area contributed by atoms with Gasteiger partial charge in [-0.05, 0) is 31.2 Å². The number of ether oxygens (including phenoxy) is 2. The van der Waals surface area contributed by atoms with Gasteiger partial charge in [0.2, 0.25) is 5.91 Å². The second-order valence-corrected chi connectivity index (χ2v) is 6.33. The summed E-state index contributed by atoms with van der Waals surface area (Å²) in [5.41, 5.74) is 1.25. The Hall–Kier alpha value is -3.35. The van der Waals surface area contributed by atoms with Crippen LogP contribution in [-0.4, -0.2) is 37.5 Å². The van der Waals surface area contributed by atoms with E-state index >= 15 is 0 Å². The predicted molar refractivity (Wildman–Crippen MR) is 104 cm³/mol. The first-order valence-corrected chi connectivity index (χ1v) is 9.12. The molecule has 0 aromatic heterocycles. The lowest BCUT2D eigenvalue weighted by molar-refractivity contribution is -0.151. The van der Waals surface area contributed by atoms with Crippen molar-refractivity contribution in [3.63, 3.8) is 0 Å². The number of amides is 2. The van der Waals surface area contributed by atoms with Crippen molar-refractivity contribution in [3.05, 3.63) is 54.6 Å². The van der Waals surface area contributed by atoms with Gasteiger partial charge in [-0.2, -0.15) is 0 Å². The van der Waals surface area contributed by atoms with E-state index in [1.165, 1.54) is 0 Å². The second-order valence-electron chi connectivity index (χ2n) is 6.33. The zero-order chi connectivity index (χ0) is 19.9. The lowest BCUT2D eigenvalue weighted by Gasteiger charge is -2.16. The molecule has 0 unspecified atom stereocenters. The van der Waals surface area contributed by atoms with Crippen LogP contribution in [0.2, 0.25) is 0 Å². The van der Waals surface area contributed by atoms with Crippen LogP contribution in [0.5, 0.6) is 5.75 Å². The van der Waals surface area contributed by atoms with Gasteiger partial charge in [-0.25, -0.2) is 0 Å². The number of nitrogens with zero attached hydrogens (tertiary/aromatic N) is 1. The van der Waals surface area contributed by atoms with Crippen LogP contribution in [0.25, 0.3) is 0 Å². The molecule has 28 heavy (non-hydrogen) atoms. The van der Waals surface area contributed by atoms with Crippen LogP contribution in [0.3, 0.4) is 0 Å². The molecule has 146 valence electrons. The molecule has 0 aliphatic carbocycles. The summed E-state index contributed by atoms with van der Waals surface area (Å²) in [6, 6.07) is 16.2. The van der Waals surface area contributed by atoms with Gasteiger partial charge in [0.25, 0.3) is 5.91 Å². The number of hydrogen-bond acceptors (Lipinski definition) is 5. The Morgan fingerprint density at radius 3 is 2.57 bits per heavy atom. The molecular formula is C21H22N2O5. The average Bonchev–Trinajstić information content (AvgIpc) is 3.10. The molecule has 0 bridgehead atoms. The molecule has 2 aromatic carbocycles. The van der Waals surface area contributed by atoms with Crippen LogP contribution in [0.15, 0.2) is 54.6 Å². The molecule has 0 saturated carbocycles. The summed E-state index contributed by atoms with van der Waals surface area (Å²) >= 11 is 0. The normalized spacial score (nSPS) is 16.0. The Labute approximate surface area is 163 Å². The van der Waals surface area contributed by atoms with Gasteiger partial charge in [0.1, 0.15) is 5.75 Å². The second kappa shape index (κ2) is 9.03. The molecular weight excluding hydrogens is 360 g/mol. The van der Waals surface area contributed by atoms with Crippen LogP contribution in [0.4, 0.5) is 11.4 Å². The summed E-state index contributed by atoms with van der Waals surface area (Å²) in [5, 5.41) is 2.67. The van der Waals surface area contributed by atoms with E-state index in [9.17, 15) is 14.4 Å². The fourth-order valence-electron chi connectivity index (χ4n) is 3.02. The fraction of sp³-hybridized carbons (Fsp3) is 0.286. The highest BCUT2D eigenvalue weighted by Crippen LogP contribution is 2.26. The highest BCUT2D eigenvalue weighted by molar-refractivity contribution is 6.00. The van der Waals surface area contributed by atoms with Crippen LogP contribution in [-0.2, 0) is 19.1 Å². The van der Waals surface area contributed by atoms with E-state index < -0.39 is 24.4 Å². The van der Waals surface area contributed by atoms with Gasteiger partial charge in [0.15, 0.2) is 6.61 Å². The number of para-hydroxylation sites is 3. The summed E-state index contributed by atoms with van der Waals surface area (Å²) in [7, 11) is 0. The first-order chi connectivity index (χ1) is 13.6. The topological polar surface area (TPSA) is 84.9 Å². The van der Waals surface area contributed by atoms with Crippen molar-refractivity contribution in [2.45, 2.75) is 13.3 Å². The van der Waals surface area contributed by atoms with Gasteiger partial charge >= 0.3 is 5.97 Å². The van der Waals surface area contributed by atoms with E-state index in [1.807, 2.05) is 37.3 Å². The Morgan fingerprint density at radius 1 is 1.11 bits per heavy atom. The van der Waals surface area contributed by atoms with E-state index in [4.69, 9.17) is 9.47 Å². The maximum absolute atomic E-state index is 12.3. The highest BCUT2D eigenvalue weighted by atomic mass is 16.5. The van der Waals surface area contributed by atoms with Crippen LogP contribution >= 0.6 is 0 Å². The van der Waals surface area contributed by atoms with E-state index in [1.54, 1.807) is 29.2 Å². The van der Waals surface area contributed by atoms with Crippen LogP contribution in [0, 0.1) is 5.92 Å². The SMILES string of the molecule is CCOc1ccccc1NC(=O)COC(=O)[C@@H]1CC(=O)N(c2ccccc2)C1. The fourth-order valence-corrected chi connectivity index (χ4v) is 3.02. The van der Waals surface area contributed by atoms with Crippen molar-refractivity contribution in [2.24, 2.45) is 5.92 Å². The van der Waals surface area contributed by atoms with E-state index in [0.29, 0.717) is 18.0 Å². The summed E-state index contributed by atoms with van der Waals surface area (Å²) < 4.78 is 10.6. The quantitative estimate of drug-likeness (QED) is 0.744. The molecule has 1 aliphatic rings. The first kappa shape index (κ1) is 19.4. The minimum atomic E-state index is -0.587. The molecule has 3 rings (SSSR count). The third kappa shape index (κ3) is 4.68. The van der Waals surface area contributed by atoms with Gasteiger partial charge in [-0.15, -0.1) is 0 Å². The van der Waals surface area contributed by atoms with Crippen molar-refractivity contribution >= 4 is 29.2 Å². The largest absolute Gasteiger partial charge is 0.492 e. The van der Waals surface area contributed by atoms with Gasteiger partial charge in [0, 0.05) is 18.7 Å². The molecule has 2 aromatic rings. The molecule has 0 spiro atoms. The summed E-state index contributed by atoms with van der Waals surface area (Å²) in [4.78, 5) is 38.2. The van der Waals surface area contributed by atoms with Crippen molar-refractivity contribution in [1.29, 1.82) is 0 Å². The number of anilines is 2. The lowest BCUT2D eigenvalue weighted by Crippen LogP contribution is -2.28. The Bertz CT molecular complexity index is 853. The van der Waals surface area contributed by atoms with Crippen molar-refractivity contribution in [2.75, 3.05) is 30.0 Å². The number of nitrogens with one attached hydrogen (secondary N) is 1. The molecule has 1 saturated heterocycles. The highest BCUT2D eigenvalue weighted by Gasteiger charge is 2.36. The van der Waals surface area contributed by atoms with E-state index in [-0.39, 0.29) is 18.9 Å². The van der Waals surface area contributed by atoms with Gasteiger partial charge in [0.05, 0.1) is 18.2 Å². The minimum Gasteiger partial charge on any atom is -0.492 e. The minimum absolute atomic E-state index is 0.0719. The molecule has 1 fully saturated rings. The predicted octanol–water partition coefficient (Wildman–Crippen LogP) is 2.62. The Kier molecular flexibility index (Phi) is 6.26. The van der Waals surface area contributed by atoms with Crippen molar-refractivity contribution < 1.29 is 23.9 Å². The number of esters is 1. The number of carbonyl (C=O) groups excluding carboxylic acids is 3. The zero-order valence-corrected chi connectivity index (χ0v) is 15.6.